The lowest BCUT2D eigenvalue weighted by Gasteiger charge is -2.26. The number of likely N-dealkylation sites (N-methyl/N-ethyl adjacent to an activating group) is 2. The van der Waals surface area contributed by atoms with Gasteiger partial charge in [-0.15, -0.1) is 0 Å². The molecular formula is C22H27ClN4O2. The Hall–Kier alpha value is -2.57. The van der Waals surface area contributed by atoms with Crippen molar-refractivity contribution in [2.45, 2.75) is 19.4 Å². The summed E-state index contributed by atoms with van der Waals surface area (Å²) in [6.45, 7) is 3.15. The van der Waals surface area contributed by atoms with Crippen molar-refractivity contribution in [3.63, 3.8) is 0 Å². The predicted octanol–water partition coefficient (Wildman–Crippen LogP) is 3.00. The highest BCUT2D eigenvalue weighted by Gasteiger charge is 2.22. The van der Waals surface area contributed by atoms with Gasteiger partial charge in [0.2, 0.25) is 0 Å². The van der Waals surface area contributed by atoms with E-state index in [0.29, 0.717) is 17.3 Å². The van der Waals surface area contributed by atoms with Crippen LogP contribution in [0.1, 0.15) is 22.7 Å². The minimum atomic E-state index is -0.705. The van der Waals surface area contributed by atoms with Crippen LogP contribution in [0.2, 0.25) is 5.02 Å². The molecule has 2 N–H and O–H groups in total. The molecule has 0 fully saturated rings. The first-order chi connectivity index (χ1) is 13.8. The van der Waals surface area contributed by atoms with Crippen LogP contribution < -0.4 is 15.5 Å². The van der Waals surface area contributed by atoms with Crippen LogP contribution in [0, 0.1) is 6.92 Å². The van der Waals surface area contributed by atoms with E-state index in [1.165, 1.54) is 11.3 Å². The fourth-order valence-corrected chi connectivity index (χ4v) is 3.76. The van der Waals surface area contributed by atoms with Crippen LogP contribution >= 0.6 is 11.6 Å². The number of benzene rings is 2. The van der Waals surface area contributed by atoms with Gasteiger partial charge >= 0.3 is 11.8 Å². The van der Waals surface area contributed by atoms with Gasteiger partial charge in [-0.05, 0) is 62.3 Å². The highest BCUT2D eigenvalue weighted by atomic mass is 35.5. The van der Waals surface area contributed by atoms with Crippen LogP contribution in [0.15, 0.2) is 36.4 Å². The maximum Gasteiger partial charge on any atom is 0.313 e. The lowest BCUT2D eigenvalue weighted by Crippen LogP contribution is -2.40. The Labute approximate surface area is 176 Å². The lowest BCUT2D eigenvalue weighted by atomic mass is 10.0. The number of hydrogen-bond acceptors (Lipinski definition) is 4. The van der Waals surface area contributed by atoms with E-state index in [2.05, 4.69) is 40.8 Å². The summed E-state index contributed by atoms with van der Waals surface area (Å²) >= 11 is 6.07. The summed E-state index contributed by atoms with van der Waals surface area (Å²) in [7, 11) is 6.02. The van der Waals surface area contributed by atoms with Gasteiger partial charge in [0.05, 0.1) is 6.04 Å². The topological polar surface area (TPSA) is 64.7 Å². The third-order valence-corrected chi connectivity index (χ3v) is 5.83. The van der Waals surface area contributed by atoms with Crippen molar-refractivity contribution >= 4 is 34.8 Å². The fraction of sp³-hybridized carbons (Fsp3) is 0.364. The van der Waals surface area contributed by atoms with E-state index in [0.717, 1.165) is 24.1 Å². The Balaban J connectivity index is 1.65. The van der Waals surface area contributed by atoms with Gasteiger partial charge in [0.1, 0.15) is 0 Å². The third kappa shape index (κ3) is 4.71. The molecule has 1 aliphatic rings. The molecule has 0 aliphatic carbocycles. The Morgan fingerprint density at radius 3 is 2.69 bits per heavy atom. The molecule has 0 saturated carbocycles. The zero-order valence-corrected chi connectivity index (χ0v) is 18.0. The first kappa shape index (κ1) is 21.1. The Morgan fingerprint density at radius 1 is 1.21 bits per heavy atom. The molecule has 0 aromatic heterocycles. The number of halogens is 1. The van der Waals surface area contributed by atoms with E-state index < -0.39 is 11.8 Å². The molecule has 2 aromatic carbocycles. The molecule has 0 radical (unpaired) electrons. The van der Waals surface area contributed by atoms with Crippen LogP contribution in [0.3, 0.4) is 0 Å². The van der Waals surface area contributed by atoms with Crippen molar-refractivity contribution in [2.24, 2.45) is 0 Å². The molecule has 0 spiro atoms. The van der Waals surface area contributed by atoms with Crippen LogP contribution in [0.5, 0.6) is 0 Å². The zero-order valence-electron chi connectivity index (χ0n) is 17.3. The highest BCUT2D eigenvalue weighted by Crippen LogP contribution is 2.30. The molecular weight excluding hydrogens is 388 g/mol. The molecule has 0 bridgehead atoms. The van der Waals surface area contributed by atoms with Crippen molar-refractivity contribution in [1.29, 1.82) is 0 Å². The van der Waals surface area contributed by atoms with Crippen molar-refractivity contribution in [3.05, 3.63) is 58.1 Å². The highest BCUT2D eigenvalue weighted by molar-refractivity contribution is 6.40. The first-order valence-corrected chi connectivity index (χ1v) is 10.0. The second kappa shape index (κ2) is 8.84. The number of fused-ring (bicyclic) bond motifs is 1. The number of nitrogens with one attached hydrogen (secondary N) is 2. The average Bonchev–Trinajstić information content (AvgIpc) is 3.05. The number of hydrogen-bond donors (Lipinski definition) is 2. The van der Waals surface area contributed by atoms with Gasteiger partial charge in [-0.1, -0.05) is 29.8 Å². The summed E-state index contributed by atoms with van der Waals surface area (Å²) in [5.74, 6) is -1.37. The molecule has 29 heavy (non-hydrogen) atoms. The largest absolute Gasteiger partial charge is 0.374 e. The van der Waals surface area contributed by atoms with E-state index in [-0.39, 0.29) is 6.04 Å². The summed E-state index contributed by atoms with van der Waals surface area (Å²) in [4.78, 5) is 28.9. The minimum absolute atomic E-state index is 0.0316. The zero-order chi connectivity index (χ0) is 21.1. The van der Waals surface area contributed by atoms with Gasteiger partial charge in [0.15, 0.2) is 0 Å². The maximum absolute atomic E-state index is 12.4. The number of amides is 2. The van der Waals surface area contributed by atoms with Gasteiger partial charge in [-0.2, -0.15) is 0 Å². The van der Waals surface area contributed by atoms with Crippen LogP contribution in [-0.2, 0) is 16.0 Å². The van der Waals surface area contributed by atoms with E-state index in [1.807, 2.05) is 19.0 Å². The smallest absolute Gasteiger partial charge is 0.313 e. The predicted molar refractivity (Wildman–Crippen MR) is 118 cm³/mol. The lowest BCUT2D eigenvalue weighted by molar-refractivity contribution is -0.136. The number of nitrogens with zero attached hydrogens (tertiary/aromatic N) is 2. The van der Waals surface area contributed by atoms with Crippen molar-refractivity contribution in [3.8, 4) is 0 Å². The van der Waals surface area contributed by atoms with Gasteiger partial charge in [0, 0.05) is 36.5 Å². The second-order valence-electron chi connectivity index (χ2n) is 7.62. The summed E-state index contributed by atoms with van der Waals surface area (Å²) < 4.78 is 0. The molecule has 2 aromatic rings. The molecule has 1 heterocycles. The van der Waals surface area contributed by atoms with Crippen molar-refractivity contribution < 1.29 is 9.59 Å². The number of rotatable bonds is 5. The number of anilines is 2. The minimum Gasteiger partial charge on any atom is -0.374 e. The molecule has 6 nitrogen and oxygen atoms in total. The molecule has 154 valence electrons. The van der Waals surface area contributed by atoms with Crippen LogP contribution in [0.4, 0.5) is 11.4 Å². The quantitative estimate of drug-likeness (QED) is 0.738. The maximum atomic E-state index is 12.4. The molecule has 1 atom stereocenters. The van der Waals surface area contributed by atoms with Gasteiger partial charge < -0.3 is 20.4 Å². The second-order valence-corrected chi connectivity index (χ2v) is 8.02. The number of carbonyl (C=O) groups excluding carboxylic acids is 2. The Morgan fingerprint density at radius 2 is 1.97 bits per heavy atom. The Bertz CT molecular complexity index is 929. The molecule has 0 saturated heterocycles. The molecule has 3 rings (SSSR count). The summed E-state index contributed by atoms with van der Waals surface area (Å²) in [5, 5.41) is 5.92. The SMILES string of the molecule is Cc1c(Cl)cccc1NC(=O)C(=O)NCC(c1ccc2c(c1)CCN2C)N(C)C. The van der Waals surface area contributed by atoms with Gasteiger partial charge in [0.25, 0.3) is 0 Å². The summed E-state index contributed by atoms with van der Waals surface area (Å²) in [6.07, 6.45) is 1.02. The fourth-order valence-electron chi connectivity index (χ4n) is 3.58. The van der Waals surface area contributed by atoms with Gasteiger partial charge in [-0.3, -0.25) is 9.59 Å². The van der Waals surface area contributed by atoms with E-state index in [9.17, 15) is 9.59 Å². The van der Waals surface area contributed by atoms with E-state index >= 15 is 0 Å². The standard InChI is InChI=1S/C22H27ClN4O2/c1-14-17(23)6-5-7-18(14)25-22(29)21(28)24-13-20(26(2)3)15-8-9-19-16(12-15)10-11-27(19)4/h5-9,12,20H,10-11,13H2,1-4H3,(H,24,28)(H,25,29). The summed E-state index contributed by atoms with van der Waals surface area (Å²) in [5.41, 5.74) is 4.95. The van der Waals surface area contributed by atoms with Gasteiger partial charge in [-0.25, -0.2) is 0 Å². The van der Waals surface area contributed by atoms with Crippen molar-refractivity contribution in [1.82, 2.24) is 10.2 Å². The van der Waals surface area contributed by atoms with E-state index in [1.54, 1.807) is 25.1 Å². The molecule has 1 unspecified atom stereocenters. The molecule has 7 heteroatoms. The normalized spacial score (nSPS) is 13.9. The first-order valence-electron chi connectivity index (χ1n) is 9.62. The summed E-state index contributed by atoms with van der Waals surface area (Å²) in [6, 6.07) is 11.6. The monoisotopic (exact) mass is 414 g/mol. The van der Waals surface area contributed by atoms with E-state index in [4.69, 9.17) is 11.6 Å². The number of carbonyl (C=O) groups is 2. The molecule has 1 aliphatic heterocycles. The average molecular weight is 415 g/mol. The van der Waals surface area contributed by atoms with Crippen LogP contribution in [-0.4, -0.2) is 50.9 Å². The van der Waals surface area contributed by atoms with Crippen LogP contribution in [0.25, 0.3) is 0 Å². The molecule has 2 amide bonds. The van der Waals surface area contributed by atoms with Crippen molar-refractivity contribution in [2.75, 3.05) is 44.4 Å². The third-order valence-electron chi connectivity index (χ3n) is 5.42. The Kier molecular flexibility index (Phi) is 6.45.